The molecular formula is C17H26N2O2. The van der Waals surface area contributed by atoms with Crippen molar-refractivity contribution in [2.45, 2.75) is 26.3 Å². The summed E-state index contributed by atoms with van der Waals surface area (Å²) in [5.41, 5.74) is 1.17. The van der Waals surface area contributed by atoms with Gasteiger partial charge in [0.05, 0.1) is 13.2 Å². The summed E-state index contributed by atoms with van der Waals surface area (Å²) in [5.74, 6) is 0.915. The van der Waals surface area contributed by atoms with Crippen molar-refractivity contribution in [2.24, 2.45) is 5.92 Å². The first-order valence-electron chi connectivity index (χ1n) is 7.84. The zero-order valence-electron chi connectivity index (χ0n) is 12.9. The van der Waals surface area contributed by atoms with Crippen LogP contribution in [-0.2, 0) is 11.3 Å². The van der Waals surface area contributed by atoms with Gasteiger partial charge in [-0.1, -0.05) is 37.3 Å². The van der Waals surface area contributed by atoms with Crippen LogP contribution < -0.4 is 0 Å². The third-order valence-corrected chi connectivity index (χ3v) is 4.16. The Morgan fingerprint density at radius 3 is 2.57 bits per heavy atom. The van der Waals surface area contributed by atoms with Gasteiger partial charge in [-0.3, -0.25) is 9.69 Å². The number of nitrogens with zero attached hydrogens (tertiary/aromatic N) is 2. The Morgan fingerprint density at radius 1 is 1.29 bits per heavy atom. The molecule has 0 unspecified atom stereocenters. The highest BCUT2D eigenvalue weighted by Gasteiger charge is 2.21. The predicted octanol–water partition coefficient (Wildman–Crippen LogP) is 1.74. The summed E-state index contributed by atoms with van der Waals surface area (Å²) in [4.78, 5) is 16.4. The molecule has 0 saturated carbocycles. The molecule has 0 atom stereocenters. The fraction of sp³-hybridized carbons (Fsp3) is 0.588. The first-order valence-corrected chi connectivity index (χ1v) is 7.84. The molecule has 1 aliphatic heterocycles. The molecule has 0 radical (unpaired) electrons. The Bertz CT molecular complexity index is 428. The van der Waals surface area contributed by atoms with E-state index in [1.807, 2.05) is 28.0 Å². The van der Waals surface area contributed by atoms with Crippen molar-refractivity contribution in [1.29, 1.82) is 0 Å². The normalized spacial score (nSPS) is 16.4. The van der Waals surface area contributed by atoms with E-state index in [9.17, 15) is 9.90 Å². The number of piperidine rings is 1. The summed E-state index contributed by atoms with van der Waals surface area (Å²) in [7, 11) is 0. The van der Waals surface area contributed by atoms with Gasteiger partial charge in [0.25, 0.3) is 0 Å². The molecule has 1 heterocycles. The largest absolute Gasteiger partial charge is 0.395 e. The zero-order chi connectivity index (χ0) is 15.1. The van der Waals surface area contributed by atoms with Crippen LogP contribution in [0.25, 0.3) is 0 Å². The number of rotatable bonds is 6. The number of aliphatic hydroxyl groups is 1. The average Bonchev–Trinajstić information content (AvgIpc) is 2.49. The van der Waals surface area contributed by atoms with E-state index in [1.165, 1.54) is 5.56 Å². The van der Waals surface area contributed by atoms with Gasteiger partial charge in [-0.05, 0) is 24.3 Å². The Labute approximate surface area is 127 Å². The monoisotopic (exact) mass is 290 g/mol. The van der Waals surface area contributed by atoms with Crippen LogP contribution in [0.3, 0.4) is 0 Å². The summed E-state index contributed by atoms with van der Waals surface area (Å²) < 4.78 is 0. The van der Waals surface area contributed by atoms with Crippen LogP contribution in [0.4, 0.5) is 0 Å². The standard InChI is InChI=1S/C17H26N2O2/c1-15-7-9-19(10-8-15)17(21)14-18(11-12-20)13-16-5-3-2-4-6-16/h2-6,15,20H,7-14H2,1H3. The van der Waals surface area contributed by atoms with E-state index in [0.29, 0.717) is 19.6 Å². The molecule has 0 aliphatic carbocycles. The van der Waals surface area contributed by atoms with Crippen molar-refractivity contribution in [2.75, 3.05) is 32.8 Å². The number of carbonyl (C=O) groups excluding carboxylic acids is 1. The lowest BCUT2D eigenvalue weighted by atomic mass is 9.99. The second-order valence-corrected chi connectivity index (χ2v) is 5.98. The van der Waals surface area contributed by atoms with Crippen molar-refractivity contribution < 1.29 is 9.90 Å². The molecule has 4 heteroatoms. The molecule has 0 bridgehead atoms. The fourth-order valence-electron chi connectivity index (χ4n) is 2.75. The zero-order valence-corrected chi connectivity index (χ0v) is 12.9. The lowest BCUT2D eigenvalue weighted by molar-refractivity contribution is -0.134. The molecule has 1 N–H and O–H groups in total. The van der Waals surface area contributed by atoms with Gasteiger partial charge in [-0.25, -0.2) is 0 Å². The second-order valence-electron chi connectivity index (χ2n) is 5.98. The van der Waals surface area contributed by atoms with E-state index >= 15 is 0 Å². The minimum atomic E-state index is 0.0805. The van der Waals surface area contributed by atoms with Crippen molar-refractivity contribution in [3.05, 3.63) is 35.9 Å². The summed E-state index contributed by atoms with van der Waals surface area (Å²) >= 11 is 0. The molecule has 1 fully saturated rings. The van der Waals surface area contributed by atoms with Crippen LogP contribution in [0.2, 0.25) is 0 Å². The van der Waals surface area contributed by atoms with Gasteiger partial charge in [0.15, 0.2) is 0 Å². The first kappa shape index (κ1) is 16.0. The molecule has 4 nitrogen and oxygen atoms in total. The number of benzene rings is 1. The lowest BCUT2D eigenvalue weighted by Crippen LogP contribution is -2.44. The third-order valence-electron chi connectivity index (χ3n) is 4.16. The van der Waals surface area contributed by atoms with Crippen LogP contribution in [-0.4, -0.2) is 53.6 Å². The van der Waals surface area contributed by atoms with E-state index in [4.69, 9.17) is 0 Å². The Balaban J connectivity index is 1.88. The van der Waals surface area contributed by atoms with Crippen LogP contribution >= 0.6 is 0 Å². The Hall–Kier alpha value is -1.39. The summed E-state index contributed by atoms with van der Waals surface area (Å²) in [5, 5.41) is 9.21. The number of hydrogen-bond donors (Lipinski definition) is 1. The molecule has 116 valence electrons. The highest BCUT2D eigenvalue weighted by molar-refractivity contribution is 5.78. The predicted molar refractivity (Wildman–Crippen MR) is 83.8 cm³/mol. The van der Waals surface area contributed by atoms with E-state index in [2.05, 4.69) is 19.1 Å². The van der Waals surface area contributed by atoms with E-state index < -0.39 is 0 Å². The molecule has 1 aromatic carbocycles. The maximum atomic E-state index is 12.4. The highest BCUT2D eigenvalue weighted by Crippen LogP contribution is 2.16. The molecule has 1 aliphatic rings. The SMILES string of the molecule is CC1CCN(C(=O)CN(CCO)Cc2ccccc2)CC1. The number of aliphatic hydroxyl groups excluding tert-OH is 1. The molecule has 2 rings (SSSR count). The van der Waals surface area contributed by atoms with E-state index in [0.717, 1.165) is 31.8 Å². The van der Waals surface area contributed by atoms with Crippen LogP contribution in [0.5, 0.6) is 0 Å². The van der Waals surface area contributed by atoms with Crippen LogP contribution in [0.15, 0.2) is 30.3 Å². The van der Waals surface area contributed by atoms with Gasteiger partial charge >= 0.3 is 0 Å². The number of hydrogen-bond acceptors (Lipinski definition) is 3. The molecule has 1 saturated heterocycles. The van der Waals surface area contributed by atoms with Crippen molar-refractivity contribution in [1.82, 2.24) is 9.80 Å². The maximum Gasteiger partial charge on any atom is 0.236 e. The van der Waals surface area contributed by atoms with Crippen molar-refractivity contribution in [3.8, 4) is 0 Å². The molecular weight excluding hydrogens is 264 g/mol. The second kappa shape index (κ2) is 8.15. The lowest BCUT2D eigenvalue weighted by Gasteiger charge is -2.32. The smallest absolute Gasteiger partial charge is 0.236 e. The molecule has 1 amide bonds. The topological polar surface area (TPSA) is 43.8 Å². The minimum absolute atomic E-state index is 0.0805. The maximum absolute atomic E-state index is 12.4. The van der Waals surface area contributed by atoms with E-state index in [1.54, 1.807) is 0 Å². The summed E-state index contributed by atoms with van der Waals surface area (Å²) in [6.45, 7) is 5.70. The van der Waals surface area contributed by atoms with Gasteiger partial charge < -0.3 is 10.0 Å². The van der Waals surface area contributed by atoms with Gasteiger partial charge in [-0.15, -0.1) is 0 Å². The quantitative estimate of drug-likeness (QED) is 0.868. The minimum Gasteiger partial charge on any atom is -0.395 e. The first-order chi connectivity index (χ1) is 10.2. The van der Waals surface area contributed by atoms with Crippen LogP contribution in [0.1, 0.15) is 25.3 Å². The Morgan fingerprint density at radius 2 is 1.95 bits per heavy atom. The highest BCUT2D eigenvalue weighted by atomic mass is 16.3. The fourth-order valence-corrected chi connectivity index (χ4v) is 2.75. The third kappa shape index (κ3) is 5.14. The van der Waals surface area contributed by atoms with Gasteiger partial charge in [0, 0.05) is 26.2 Å². The number of carbonyl (C=O) groups is 1. The van der Waals surface area contributed by atoms with Gasteiger partial charge in [0.2, 0.25) is 5.91 Å². The van der Waals surface area contributed by atoms with Crippen molar-refractivity contribution in [3.63, 3.8) is 0 Å². The molecule has 21 heavy (non-hydrogen) atoms. The number of likely N-dealkylation sites (tertiary alicyclic amines) is 1. The summed E-state index contributed by atoms with van der Waals surface area (Å²) in [6, 6.07) is 10.1. The van der Waals surface area contributed by atoms with Gasteiger partial charge in [0.1, 0.15) is 0 Å². The summed E-state index contributed by atoms with van der Waals surface area (Å²) in [6.07, 6.45) is 2.20. The van der Waals surface area contributed by atoms with Crippen molar-refractivity contribution >= 4 is 5.91 Å². The van der Waals surface area contributed by atoms with E-state index in [-0.39, 0.29) is 12.5 Å². The molecule has 0 spiro atoms. The molecule has 1 aromatic rings. The number of amides is 1. The molecule has 0 aromatic heterocycles. The average molecular weight is 290 g/mol. The van der Waals surface area contributed by atoms with Gasteiger partial charge in [-0.2, -0.15) is 0 Å². The Kier molecular flexibility index (Phi) is 6.21. The van der Waals surface area contributed by atoms with Crippen LogP contribution in [0, 0.1) is 5.92 Å².